The summed E-state index contributed by atoms with van der Waals surface area (Å²) < 4.78 is 53.8. The fourth-order valence-corrected chi connectivity index (χ4v) is 5.37. The maximum atomic E-state index is 12.7. The highest BCUT2D eigenvalue weighted by atomic mass is 35.5. The van der Waals surface area contributed by atoms with Crippen LogP contribution in [0.25, 0.3) is 0 Å². The Hall–Kier alpha value is -0.710. The van der Waals surface area contributed by atoms with E-state index in [1.165, 1.54) is 28.6 Å². The van der Waals surface area contributed by atoms with Crippen molar-refractivity contribution in [2.45, 2.75) is 41.9 Å². The fourth-order valence-electron chi connectivity index (χ4n) is 2.62. The lowest BCUT2D eigenvalue weighted by atomic mass is 10.2. The zero-order valence-corrected chi connectivity index (χ0v) is 16.5. The van der Waals surface area contributed by atoms with Gasteiger partial charge in [0.25, 0.3) is 0 Å². The minimum Gasteiger partial charge on any atom is -0.330 e. The summed E-state index contributed by atoms with van der Waals surface area (Å²) >= 11 is 0. The largest absolute Gasteiger partial charge is 0.330 e. The van der Waals surface area contributed by atoms with E-state index in [9.17, 15) is 16.8 Å². The van der Waals surface area contributed by atoms with Crippen LogP contribution in [-0.4, -0.2) is 47.3 Å². The highest BCUT2D eigenvalue weighted by Gasteiger charge is 2.27. The van der Waals surface area contributed by atoms with E-state index in [0.717, 1.165) is 25.7 Å². The van der Waals surface area contributed by atoms with Gasteiger partial charge in [-0.1, -0.05) is 12.5 Å². The lowest BCUT2D eigenvalue weighted by Crippen LogP contribution is -2.35. The third-order valence-electron chi connectivity index (χ3n) is 3.99. The topological polar surface area (TPSA) is 110 Å². The van der Waals surface area contributed by atoms with Crippen molar-refractivity contribution in [1.82, 2.24) is 9.03 Å². The van der Waals surface area contributed by atoms with E-state index in [4.69, 9.17) is 5.73 Å². The summed E-state index contributed by atoms with van der Waals surface area (Å²) in [5, 5.41) is 0. The van der Waals surface area contributed by atoms with Crippen molar-refractivity contribution >= 4 is 32.5 Å². The summed E-state index contributed by atoms with van der Waals surface area (Å²) in [6, 6.07) is 5.54. The third-order valence-corrected chi connectivity index (χ3v) is 7.34. The summed E-state index contributed by atoms with van der Waals surface area (Å²) in [6.07, 6.45) is 4.06. The highest BCUT2D eigenvalue weighted by molar-refractivity contribution is 7.90. The molecule has 1 heterocycles. The Kier molecular flexibility index (Phi) is 8.79. The summed E-state index contributed by atoms with van der Waals surface area (Å²) in [7, 11) is -7.38. The first-order chi connectivity index (χ1) is 11.4. The molecule has 25 heavy (non-hydrogen) atoms. The van der Waals surface area contributed by atoms with Gasteiger partial charge in [-0.05, 0) is 50.4 Å². The second-order valence-electron chi connectivity index (χ2n) is 5.83. The van der Waals surface area contributed by atoms with E-state index in [1.807, 2.05) is 0 Å². The van der Waals surface area contributed by atoms with Gasteiger partial charge in [0.1, 0.15) is 0 Å². The number of unbranched alkanes of at least 4 members (excludes halogenated alkanes) is 1. The summed E-state index contributed by atoms with van der Waals surface area (Å²) in [4.78, 5) is -0.0115. The van der Waals surface area contributed by atoms with Crippen LogP contribution in [0.15, 0.2) is 34.1 Å². The first kappa shape index (κ1) is 22.3. The summed E-state index contributed by atoms with van der Waals surface area (Å²) in [5.41, 5.74) is 5.38. The summed E-state index contributed by atoms with van der Waals surface area (Å²) in [5.74, 6) is 0. The molecule has 1 fully saturated rings. The SMILES string of the molecule is Cl.NCCCCNS(=O)(=O)c1cccc(S(=O)(=O)N2CCCCC2)c1. The molecule has 144 valence electrons. The van der Waals surface area contributed by atoms with E-state index in [0.29, 0.717) is 26.1 Å². The second kappa shape index (κ2) is 9.84. The van der Waals surface area contributed by atoms with Crippen molar-refractivity contribution in [2.24, 2.45) is 5.73 Å². The minimum absolute atomic E-state index is 0. The molecule has 0 spiro atoms. The smallest absolute Gasteiger partial charge is 0.243 e. The minimum atomic E-state index is -3.73. The van der Waals surface area contributed by atoms with Crippen LogP contribution >= 0.6 is 12.4 Å². The van der Waals surface area contributed by atoms with Crippen LogP contribution in [0.3, 0.4) is 0 Å². The average Bonchev–Trinajstić information content (AvgIpc) is 2.60. The Morgan fingerprint density at radius 3 is 2.28 bits per heavy atom. The van der Waals surface area contributed by atoms with Crippen molar-refractivity contribution in [3.8, 4) is 0 Å². The van der Waals surface area contributed by atoms with Crippen molar-refractivity contribution in [3.05, 3.63) is 24.3 Å². The Balaban J connectivity index is 0.00000312. The van der Waals surface area contributed by atoms with Gasteiger partial charge in [0.05, 0.1) is 9.79 Å². The first-order valence-electron chi connectivity index (χ1n) is 8.18. The van der Waals surface area contributed by atoms with Gasteiger partial charge in [0, 0.05) is 19.6 Å². The maximum absolute atomic E-state index is 12.7. The molecular weight excluding hydrogens is 386 g/mol. The number of piperidine rings is 1. The molecule has 0 aliphatic carbocycles. The van der Waals surface area contributed by atoms with Gasteiger partial charge in [-0.3, -0.25) is 0 Å². The number of nitrogens with one attached hydrogen (secondary N) is 1. The van der Waals surface area contributed by atoms with Gasteiger partial charge in [-0.25, -0.2) is 21.6 Å². The normalized spacial score (nSPS) is 16.4. The molecule has 3 N–H and O–H groups in total. The Labute approximate surface area is 156 Å². The zero-order valence-electron chi connectivity index (χ0n) is 14.1. The van der Waals surface area contributed by atoms with Gasteiger partial charge in [-0.2, -0.15) is 4.31 Å². The molecule has 7 nitrogen and oxygen atoms in total. The molecule has 0 saturated carbocycles. The molecule has 0 radical (unpaired) electrons. The number of sulfonamides is 2. The Morgan fingerprint density at radius 2 is 1.64 bits per heavy atom. The molecule has 10 heteroatoms. The molecular formula is C15H26ClN3O4S2. The van der Waals surface area contributed by atoms with Crippen LogP contribution in [0.2, 0.25) is 0 Å². The molecule has 0 amide bonds. The molecule has 0 bridgehead atoms. The van der Waals surface area contributed by atoms with Crippen LogP contribution in [0.4, 0.5) is 0 Å². The molecule has 0 atom stereocenters. The van der Waals surface area contributed by atoms with Crippen molar-refractivity contribution in [3.63, 3.8) is 0 Å². The lowest BCUT2D eigenvalue weighted by molar-refractivity contribution is 0.346. The van der Waals surface area contributed by atoms with E-state index in [2.05, 4.69) is 4.72 Å². The van der Waals surface area contributed by atoms with Crippen LogP contribution in [-0.2, 0) is 20.0 Å². The highest BCUT2D eigenvalue weighted by Crippen LogP contribution is 2.22. The van der Waals surface area contributed by atoms with Crippen LogP contribution in [0.1, 0.15) is 32.1 Å². The molecule has 0 aromatic heterocycles. The lowest BCUT2D eigenvalue weighted by Gasteiger charge is -2.26. The molecule has 1 aliphatic heterocycles. The number of halogens is 1. The predicted octanol–water partition coefficient (Wildman–Crippen LogP) is 1.30. The number of nitrogens with zero attached hydrogens (tertiary/aromatic N) is 1. The number of benzene rings is 1. The van der Waals surface area contributed by atoms with Gasteiger partial charge in [-0.15, -0.1) is 12.4 Å². The third kappa shape index (κ3) is 5.90. The van der Waals surface area contributed by atoms with E-state index in [-0.39, 0.29) is 28.7 Å². The number of hydrogen-bond acceptors (Lipinski definition) is 5. The van der Waals surface area contributed by atoms with Crippen LogP contribution < -0.4 is 10.5 Å². The van der Waals surface area contributed by atoms with Gasteiger partial charge in [0.2, 0.25) is 20.0 Å². The Bertz CT molecular complexity index is 748. The maximum Gasteiger partial charge on any atom is 0.243 e. The molecule has 2 rings (SSSR count). The molecule has 1 aromatic rings. The second-order valence-corrected chi connectivity index (χ2v) is 9.54. The first-order valence-corrected chi connectivity index (χ1v) is 11.1. The van der Waals surface area contributed by atoms with Gasteiger partial charge in [0.15, 0.2) is 0 Å². The zero-order chi connectivity index (χ0) is 17.6. The van der Waals surface area contributed by atoms with E-state index in [1.54, 1.807) is 0 Å². The monoisotopic (exact) mass is 411 g/mol. The molecule has 1 aromatic carbocycles. The van der Waals surface area contributed by atoms with Crippen molar-refractivity contribution in [2.75, 3.05) is 26.2 Å². The van der Waals surface area contributed by atoms with Gasteiger partial charge >= 0.3 is 0 Å². The summed E-state index contributed by atoms with van der Waals surface area (Å²) in [6.45, 7) is 1.75. The number of rotatable bonds is 8. The van der Waals surface area contributed by atoms with Crippen molar-refractivity contribution in [1.29, 1.82) is 0 Å². The van der Waals surface area contributed by atoms with Gasteiger partial charge < -0.3 is 5.73 Å². The number of hydrogen-bond donors (Lipinski definition) is 2. The molecule has 1 saturated heterocycles. The Morgan fingerprint density at radius 1 is 1.00 bits per heavy atom. The van der Waals surface area contributed by atoms with E-state index < -0.39 is 20.0 Å². The standard InChI is InChI=1S/C15H25N3O4S2.ClH/c16-9-2-3-10-17-23(19,20)14-7-6-8-15(13-14)24(21,22)18-11-4-1-5-12-18;/h6-8,13,17H,1-5,9-12,16H2;1H. The average molecular weight is 412 g/mol. The fraction of sp³-hybridized carbons (Fsp3) is 0.600. The van der Waals surface area contributed by atoms with Crippen LogP contribution in [0, 0.1) is 0 Å². The predicted molar refractivity (Wildman–Crippen MR) is 99.8 cm³/mol. The van der Waals surface area contributed by atoms with Crippen LogP contribution in [0.5, 0.6) is 0 Å². The molecule has 0 unspecified atom stereocenters. The molecule has 1 aliphatic rings. The number of nitrogens with two attached hydrogens (primary N) is 1. The van der Waals surface area contributed by atoms with Crippen molar-refractivity contribution < 1.29 is 16.8 Å². The quantitative estimate of drug-likeness (QED) is 0.626. The van der Waals surface area contributed by atoms with E-state index >= 15 is 0 Å².